The molecule has 0 fully saturated rings. The zero-order chi connectivity index (χ0) is 38.9. The number of unbranched alkanes of at least 4 members (excludes halogenated alkanes) is 9. The van der Waals surface area contributed by atoms with Crippen LogP contribution in [-0.4, -0.2) is 49.3 Å². The third-order valence-corrected chi connectivity index (χ3v) is 8.76. The maximum atomic E-state index is 12.5. The van der Waals surface area contributed by atoms with E-state index in [1.54, 1.807) is 0 Å². The van der Waals surface area contributed by atoms with Crippen molar-refractivity contribution < 1.29 is 37.6 Å². The fourth-order valence-corrected chi connectivity index (χ4v) is 5.59. The van der Waals surface area contributed by atoms with Gasteiger partial charge < -0.3 is 20.1 Å². The Bertz CT molecular complexity index is 1140. The fourth-order valence-electron chi connectivity index (χ4n) is 4.83. The van der Waals surface area contributed by atoms with E-state index in [0.717, 1.165) is 64.2 Å². The van der Waals surface area contributed by atoms with Gasteiger partial charge in [0.05, 0.1) is 13.2 Å². The summed E-state index contributed by atoms with van der Waals surface area (Å²) in [5, 5.41) is 0. The molecule has 1 unspecified atom stereocenters. The number of phosphoric acid groups is 1. The summed E-state index contributed by atoms with van der Waals surface area (Å²) < 4.78 is 32.6. The Balaban J connectivity index is 4.36. The van der Waals surface area contributed by atoms with Gasteiger partial charge in [0.2, 0.25) is 0 Å². The molecule has 0 spiro atoms. The molecule has 3 N–H and O–H groups in total. The molecule has 0 aliphatic carbocycles. The highest BCUT2D eigenvalue weighted by atomic mass is 31.2. The normalized spacial score (nSPS) is 14.3. The molecule has 0 bridgehead atoms. The highest BCUT2D eigenvalue weighted by molar-refractivity contribution is 7.47. The first-order chi connectivity index (χ1) is 25.8. The predicted octanol–water partition coefficient (Wildman–Crippen LogP) is 11.3. The summed E-state index contributed by atoms with van der Waals surface area (Å²) >= 11 is 0. The van der Waals surface area contributed by atoms with E-state index in [1.165, 1.54) is 38.5 Å². The molecule has 2 atom stereocenters. The number of esters is 2. The van der Waals surface area contributed by atoms with Gasteiger partial charge in [-0.15, -0.1) is 0 Å². The topological polar surface area (TPSA) is 134 Å². The van der Waals surface area contributed by atoms with Crippen LogP contribution < -0.4 is 5.73 Å². The van der Waals surface area contributed by atoms with E-state index in [2.05, 4.69) is 86.8 Å². The zero-order valence-electron chi connectivity index (χ0n) is 33.0. The Morgan fingerprint density at radius 1 is 0.585 bits per heavy atom. The number of carbonyl (C=O) groups excluding carboxylic acids is 2. The van der Waals surface area contributed by atoms with Crippen molar-refractivity contribution in [2.75, 3.05) is 26.4 Å². The molecule has 0 aromatic rings. The van der Waals surface area contributed by atoms with Gasteiger partial charge in [-0.05, 0) is 77.0 Å². The molecule has 0 rings (SSSR count). The predicted molar refractivity (Wildman–Crippen MR) is 219 cm³/mol. The van der Waals surface area contributed by atoms with E-state index < -0.39 is 32.5 Å². The maximum Gasteiger partial charge on any atom is 0.472 e. The summed E-state index contributed by atoms with van der Waals surface area (Å²) in [6.07, 6.45) is 47.7. The van der Waals surface area contributed by atoms with Crippen molar-refractivity contribution in [3.05, 3.63) is 85.1 Å². The van der Waals surface area contributed by atoms with E-state index in [0.29, 0.717) is 12.8 Å². The summed E-state index contributed by atoms with van der Waals surface area (Å²) in [7, 11) is -4.40. The van der Waals surface area contributed by atoms with E-state index in [4.69, 9.17) is 24.3 Å². The van der Waals surface area contributed by atoms with E-state index in [9.17, 15) is 19.0 Å². The number of ether oxygens (including phenoxy) is 2. The molecular weight excluding hydrogens is 689 g/mol. The van der Waals surface area contributed by atoms with E-state index >= 15 is 0 Å². The number of nitrogens with two attached hydrogens (primary N) is 1. The third kappa shape index (κ3) is 38.7. The minimum atomic E-state index is -4.40. The van der Waals surface area contributed by atoms with Crippen LogP contribution in [0.1, 0.15) is 142 Å². The Morgan fingerprint density at radius 3 is 1.62 bits per heavy atom. The van der Waals surface area contributed by atoms with Gasteiger partial charge >= 0.3 is 19.8 Å². The number of allylic oxidation sites excluding steroid dienone is 14. The van der Waals surface area contributed by atoms with Gasteiger partial charge in [-0.1, -0.05) is 137 Å². The van der Waals surface area contributed by atoms with E-state index in [1.807, 2.05) is 12.2 Å². The lowest BCUT2D eigenvalue weighted by Gasteiger charge is -2.19. The van der Waals surface area contributed by atoms with Crippen molar-refractivity contribution in [3.63, 3.8) is 0 Å². The SMILES string of the molecule is CC/C=C/C/C=C/C/C=C/C/C=C/C/C=C/C/C=C/CCC(=O)OC[C@@H](COP(=O)(O)OCCN)OC(=O)CCCCC/C=C/CCCCCCCC. The first-order valence-electron chi connectivity index (χ1n) is 20.1. The summed E-state index contributed by atoms with van der Waals surface area (Å²) in [6, 6.07) is 0. The smallest absolute Gasteiger partial charge is 0.462 e. The summed E-state index contributed by atoms with van der Waals surface area (Å²) in [6.45, 7) is 3.47. The molecule has 53 heavy (non-hydrogen) atoms. The largest absolute Gasteiger partial charge is 0.472 e. The van der Waals surface area contributed by atoms with Crippen molar-refractivity contribution in [3.8, 4) is 0 Å². The summed E-state index contributed by atoms with van der Waals surface area (Å²) in [4.78, 5) is 34.7. The number of rotatable bonds is 36. The molecule has 0 aromatic carbocycles. The van der Waals surface area contributed by atoms with Crippen LogP contribution >= 0.6 is 7.82 Å². The molecular formula is C43H72NO8P. The second-order valence-electron chi connectivity index (χ2n) is 12.8. The Kier molecular flexibility index (Phi) is 36.8. The lowest BCUT2D eigenvalue weighted by atomic mass is 10.1. The molecule has 302 valence electrons. The Labute approximate surface area is 322 Å². The first-order valence-corrected chi connectivity index (χ1v) is 21.6. The van der Waals surface area contributed by atoms with Gasteiger partial charge in [-0.25, -0.2) is 4.57 Å². The van der Waals surface area contributed by atoms with Crippen LogP contribution in [0.5, 0.6) is 0 Å². The molecule has 0 radical (unpaired) electrons. The second kappa shape index (κ2) is 38.9. The van der Waals surface area contributed by atoms with Crippen molar-refractivity contribution >= 4 is 19.8 Å². The van der Waals surface area contributed by atoms with Gasteiger partial charge in [-0.3, -0.25) is 18.6 Å². The van der Waals surface area contributed by atoms with Crippen LogP contribution in [0, 0.1) is 0 Å². The van der Waals surface area contributed by atoms with Gasteiger partial charge in [0.1, 0.15) is 6.61 Å². The Hall–Kier alpha value is -2.81. The van der Waals surface area contributed by atoms with Crippen LogP contribution in [0.15, 0.2) is 85.1 Å². The quantitative estimate of drug-likeness (QED) is 0.0277. The third-order valence-electron chi connectivity index (χ3n) is 7.78. The molecule has 9 nitrogen and oxygen atoms in total. The molecule has 0 saturated carbocycles. The average molecular weight is 762 g/mol. The van der Waals surface area contributed by atoms with Crippen molar-refractivity contribution in [2.45, 2.75) is 148 Å². The lowest BCUT2D eigenvalue weighted by molar-refractivity contribution is -0.161. The van der Waals surface area contributed by atoms with Crippen LogP contribution in [0.2, 0.25) is 0 Å². The summed E-state index contributed by atoms with van der Waals surface area (Å²) in [5.41, 5.74) is 5.33. The average Bonchev–Trinajstić information content (AvgIpc) is 3.14. The number of hydrogen-bond acceptors (Lipinski definition) is 8. The minimum absolute atomic E-state index is 0.0373. The van der Waals surface area contributed by atoms with Crippen LogP contribution in [0.3, 0.4) is 0 Å². The molecule has 0 aromatic heterocycles. The zero-order valence-corrected chi connectivity index (χ0v) is 33.9. The highest BCUT2D eigenvalue weighted by Gasteiger charge is 2.25. The Morgan fingerprint density at radius 2 is 1.08 bits per heavy atom. The lowest BCUT2D eigenvalue weighted by Crippen LogP contribution is -2.29. The van der Waals surface area contributed by atoms with Crippen LogP contribution in [0.4, 0.5) is 0 Å². The summed E-state index contributed by atoms with van der Waals surface area (Å²) in [5.74, 6) is -0.955. The molecule has 10 heteroatoms. The molecule has 0 amide bonds. The van der Waals surface area contributed by atoms with Crippen LogP contribution in [0.25, 0.3) is 0 Å². The number of hydrogen-bond donors (Lipinski definition) is 2. The van der Waals surface area contributed by atoms with Gasteiger partial charge in [0, 0.05) is 19.4 Å². The van der Waals surface area contributed by atoms with Crippen molar-refractivity contribution in [1.29, 1.82) is 0 Å². The second-order valence-corrected chi connectivity index (χ2v) is 14.2. The minimum Gasteiger partial charge on any atom is -0.462 e. The molecule has 0 aliphatic rings. The maximum absolute atomic E-state index is 12.5. The molecule has 0 heterocycles. The standard InChI is InChI=1S/C43H72NO8P/c1-3-5-7-9-11-13-15-17-18-19-20-21-22-24-25-27-29-31-33-35-42(45)49-39-41(40-51-53(47,48)50-38-37-44)52-43(46)36-34-32-30-28-26-23-16-14-12-10-8-6-4-2/h5,7,11,13,17-18,20-21,23-26,29,31,41H,3-4,6,8-10,12,14-16,19,22,27-28,30,32-40,44H2,1-2H3,(H,47,48)/b7-5+,13-11+,18-17+,21-20+,25-24+,26-23+,31-29+/t41-/m0/s1. The van der Waals surface area contributed by atoms with E-state index in [-0.39, 0.29) is 32.6 Å². The van der Waals surface area contributed by atoms with Crippen molar-refractivity contribution in [1.82, 2.24) is 0 Å². The van der Waals surface area contributed by atoms with Crippen LogP contribution in [-0.2, 0) is 32.7 Å². The number of carbonyl (C=O) groups is 2. The molecule has 0 aliphatic heterocycles. The molecule has 0 saturated heterocycles. The van der Waals surface area contributed by atoms with Gasteiger partial charge in [0.25, 0.3) is 0 Å². The fraction of sp³-hybridized carbons (Fsp3) is 0.628. The highest BCUT2D eigenvalue weighted by Crippen LogP contribution is 2.43. The van der Waals surface area contributed by atoms with Gasteiger partial charge in [0.15, 0.2) is 6.10 Å². The monoisotopic (exact) mass is 761 g/mol. The van der Waals surface area contributed by atoms with Crippen molar-refractivity contribution in [2.24, 2.45) is 5.73 Å². The number of phosphoric ester groups is 1. The van der Waals surface area contributed by atoms with Gasteiger partial charge in [-0.2, -0.15) is 0 Å². The first kappa shape index (κ1) is 50.2.